The zero-order chi connectivity index (χ0) is 8.43. The second kappa shape index (κ2) is 3.37. The van der Waals surface area contributed by atoms with Crippen LogP contribution in [-0.4, -0.2) is 5.78 Å². The molecule has 0 atom stereocenters. The molecule has 1 aromatic heterocycles. The molecular weight excluding hydrogens is 180 g/mol. The summed E-state index contributed by atoms with van der Waals surface area (Å²) in [5, 5.41) is 2.59. The summed E-state index contributed by atoms with van der Waals surface area (Å²) >= 11 is 7.44. The third kappa shape index (κ3) is 2.04. The Morgan fingerprint density at radius 3 is 2.73 bits per heavy atom. The molecular formula is C8H9ClOS. The predicted octanol–water partition coefficient (Wildman–Crippen LogP) is 2.84. The van der Waals surface area contributed by atoms with Gasteiger partial charge in [0.1, 0.15) is 5.78 Å². The number of hydrogen-bond acceptors (Lipinski definition) is 2. The Kier molecular flexibility index (Phi) is 2.68. The average molecular weight is 189 g/mol. The van der Waals surface area contributed by atoms with Crippen LogP contribution in [0.1, 0.15) is 17.4 Å². The van der Waals surface area contributed by atoms with Gasteiger partial charge in [-0.05, 0) is 19.4 Å². The predicted molar refractivity (Wildman–Crippen MR) is 48.5 cm³/mol. The fourth-order valence-corrected chi connectivity index (χ4v) is 2.05. The summed E-state index contributed by atoms with van der Waals surface area (Å²) in [4.78, 5) is 11.9. The molecule has 0 aliphatic carbocycles. The Balaban J connectivity index is 2.92. The number of ketones is 1. The van der Waals surface area contributed by atoms with Crippen molar-refractivity contribution >= 4 is 28.7 Å². The highest BCUT2D eigenvalue weighted by Gasteiger charge is 2.07. The fourth-order valence-electron chi connectivity index (χ4n) is 0.908. The minimum absolute atomic E-state index is 0.161. The molecule has 0 bridgehead atoms. The van der Waals surface area contributed by atoms with Gasteiger partial charge in [-0.1, -0.05) is 11.6 Å². The van der Waals surface area contributed by atoms with Crippen LogP contribution >= 0.6 is 22.9 Å². The summed E-state index contributed by atoms with van der Waals surface area (Å²) in [5.41, 5.74) is 0.990. The van der Waals surface area contributed by atoms with Crippen LogP contribution in [0.4, 0.5) is 0 Å². The van der Waals surface area contributed by atoms with Crippen molar-refractivity contribution in [1.82, 2.24) is 0 Å². The number of Topliss-reactive ketones (excluding diaryl/α,β-unsaturated/α-hetero) is 1. The topological polar surface area (TPSA) is 17.1 Å². The monoisotopic (exact) mass is 188 g/mol. The van der Waals surface area contributed by atoms with E-state index in [-0.39, 0.29) is 5.78 Å². The molecule has 1 rings (SSSR count). The normalized spacial score (nSPS) is 10.1. The molecule has 0 fully saturated rings. The van der Waals surface area contributed by atoms with Gasteiger partial charge in [0.25, 0.3) is 0 Å². The largest absolute Gasteiger partial charge is 0.300 e. The molecule has 0 unspecified atom stereocenters. The van der Waals surface area contributed by atoms with Crippen molar-refractivity contribution in [2.75, 3.05) is 0 Å². The Hall–Kier alpha value is -0.340. The van der Waals surface area contributed by atoms with Gasteiger partial charge in [-0.25, -0.2) is 0 Å². The van der Waals surface area contributed by atoms with Gasteiger partial charge in [0, 0.05) is 16.7 Å². The number of carbonyl (C=O) groups is 1. The van der Waals surface area contributed by atoms with Gasteiger partial charge in [-0.15, -0.1) is 11.3 Å². The summed E-state index contributed by atoms with van der Waals surface area (Å²) in [6.07, 6.45) is 0.466. The van der Waals surface area contributed by atoms with Gasteiger partial charge in [-0.3, -0.25) is 4.79 Å². The lowest BCUT2D eigenvalue weighted by Crippen LogP contribution is -1.96. The molecule has 0 aliphatic rings. The quantitative estimate of drug-likeness (QED) is 0.698. The van der Waals surface area contributed by atoms with Crippen LogP contribution in [0, 0.1) is 6.92 Å². The minimum atomic E-state index is 0.161. The van der Waals surface area contributed by atoms with Crippen molar-refractivity contribution in [1.29, 1.82) is 0 Å². The first-order valence-corrected chi connectivity index (χ1v) is 4.59. The van der Waals surface area contributed by atoms with E-state index >= 15 is 0 Å². The number of rotatable bonds is 2. The van der Waals surface area contributed by atoms with Gasteiger partial charge in [0.15, 0.2) is 0 Å². The molecule has 0 aliphatic heterocycles. The summed E-state index contributed by atoms with van der Waals surface area (Å²) < 4.78 is 0. The standard InChI is InChI=1S/C8H9ClOS/c1-5(10)3-7-6(2)11-4-8(7)9/h4H,3H2,1-2H3. The summed E-state index contributed by atoms with van der Waals surface area (Å²) in [6, 6.07) is 0. The Morgan fingerprint density at radius 1 is 1.73 bits per heavy atom. The van der Waals surface area contributed by atoms with Crippen molar-refractivity contribution in [3.05, 3.63) is 20.8 Å². The Labute approximate surface area is 75.0 Å². The van der Waals surface area contributed by atoms with Crippen LogP contribution in [0.5, 0.6) is 0 Å². The molecule has 11 heavy (non-hydrogen) atoms. The molecule has 0 saturated heterocycles. The summed E-state index contributed by atoms with van der Waals surface area (Å²) in [7, 11) is 0. The van der Waals surface area contributed by atoms with Gasteiger partial charge in [0.2, 0.25) is 0 Å². The van der Waals surface area contributed by atoms with Crippen molar-refractivity contribution < 1.29 is 4.79 Å². The fraction of sp³-hybridized carbons (Fsp3) is 0.375. The molecule has 3 heteroatoms. The van der Waals surface area contributed by atoms with Gasteiger partial charge >= 0.3 is 0 Å². The lowest BCUT2D eigenvalue weighted by molar-refractivity contribution is -0.116. The van der Waals surface area contributed by atoms with E-state index in [2.05, 4.69) is 0 Å². The molecule has 1 nitrogen and oxygen atoms in total. The highest BCUT2D eigenvalue weighted by atomic mass is 35.5. The molecule has 0 spiro atoms. The molecule has 0 N–H and O–H groups in total. The number of halogens is 1. The van der Waals surface area contributed by atoms with Crippen LogP contribution < -0.4 is 0 Å². The minimum Gasteiger partial charge on any atom is -0.300 e. The van der Waals surface area contributed by atoms with E-state index in [4.69, 9.17) is 11.6 Å². The average Bonchev–Trinajstić information content (AvgIpc) is 2.18. The van der Waals surface area contributed by atoms with Crippen molar-refractivity contribution in [3.8, 4) is 0 Å². The molecule has 60 valence electrons. The first-order chi connectivity index (χ1) is 5.11. The van der Waals surface area contributed by atoms with E-state index in [1.807, 2.05) is 12.3 Å². The zero-order valence-electron chi connectivity index (χ0n) is 6.48. The smallest absolute Gasteiger partial charge is 0.134 e. The van der Waals surface area contributed by atoms with Gasteiger partial charge in [0.05, 0.1) is 5.02 Å². The molecule has 0 radical (unpaired) electrons. The SMILES string of the molecule is CC(=O)Cc1c(Cl)csc1C. The van der Waals surface area contributed by atoms with Crippen molar-refractivity contribution in [2.24, 2.45) is 0 Å². The molecule has 0 saturated carbocycles. The maximum Gasteiger partial charge on any atom is 0.134 e. The van der Waals surface area contributed by atoms with E-state index < -0.39 is 0 Å². The Morgan fingerprint density at radius 2 is 2.36 bits per heavy atom. The molecule has 0 aromatic carbocycles. The highest BCUT2D eigenvalue weighted by Crippen LogP contribution is 2.26. The van der Waals surface area contributed by atoms with E-state index in [0.29, 0.717) is 6.42 Å². The van der Waals surface area contributed by atoms with Crippen LogP contribution in [0.25, 0.3) is 0 Å². The summed E-state index contributed by atoms with van der Waals surface area (Å²) in [6.45, 7) is 3.56. The van der Waals surface area contributed by atoms with Crippen LogP contribution in [0.3, 0.4) is 0 Å². The lowest BCUT2D eigenvalue weighted by atomic mass is 10.1. The van der Waals surface area contributed by atoms with Gasteiger partial charge < -0.3 is 0 Å². The maximum absolute atomic E-state index is 10.8. The molecule has 1 heterocycles. The number of aryl methyl sites for hydroxylation is 1. The first-order valence-electron chi connectivity index (χ1n) is 3.33. The van der Waals surface area contributed by atoms with E-state index in [1.54, 1.807) is 18.3 Å². The second-order valence-electron chi connectivity index (χ2n) is 2.50. The zero-order valence-corrected chi connectivity index (χ0v) is 8.05. The number of thiophene rings is 1. The summed E-state index contributed by atoms with van der Waals surface area (Å²) in [5.74, 6) is 0.161. The number of carbonyl (C=O) groups excluding carboxylic acids is 1. The third-order valence-electron chi connectivity index (χ3n) is 1.48. The first kappa shape index (κ1) is 8.75. The molecule has 1 aromatic rings. The van der Waals surface area contributed by atoms with Crippen LogP contribution in [0.15, 0.2) is 5.38 Å². The van der Waals surface area contributed by atoms with Crippen LogP contribution in [-0.2, 0) is 11.2 Å². The van der Waals surface area contributed by atoms with Gasteiger partial charge in [-0.2, -0.15) is 0 Å². The molecule has 0 amide bonds. The third-order valence-corrected chi connectivity index (χ3v) is 2.90. The van der Waals surface area contributed by atoms with E-state index in [0.717, 1.165) is 15.5 Å². The van der Waals surface area contributed by atoms with Crippen molar-refractivity contribution in [2.45, 2.75) is 20.3 Å². The second-order valence-corrected chi connectivity index (χ2v) is 3.99. The van der Waals surface area contributed by atoms with Crippen LogP contribution in [0.2, 0.25) is 5.02 Å². The Bertz CT molecular complexity index is 258. The van der Waals surface area contributed by atoms with E-state index in [9.17, 15) is 4.79 Å². The lowest BCUT2D eigenvalue weighted by Gasteiger charge is -1.95. The highest BCUT2D eigenvalue weighted by molar-refractivity contribution is 7.10. The van der Waals surface area contributed by atoms with E-state index in [1.165, 1.54) is 0 Å². The number of hydrogen-bond donors (Lipinski definition) is 0. The maximum atomic E-state index is 10.8. The van der Waals surface area contributed by atoms with Crippen molar-refractivity contribution in [3.63, 3.8) is 0 Å².